The summed E-state index contributed by atoms with van der Waals surface area (Å²) < 4.78 is 32.3. The highest BCUT2D eigenvalue weighted by Crippen LogP contribution is 2.49. The Hall–Kier alpha value is -3.04. The second-order valence-corrected chi connectivity index (χ2v) is 15.7. The third kappa shape index (κ3) is 5.13. The van der Waals surface area contributed by atoms with Crippen molar-refractivity contribution < 1.29 is 37.2 Å². The lowest BCUT2D eigenvalue weighted by atomic mass is 9.72. The maximum atomic E-state index is 14.3. The summed E-state index contributed by atoms with van der Waals surface area (Å²) in [5.41, 5.74) is 1.93. The number of carbonyl (C=O) groups excluding carboxylic acids is 3. The van der Waals surface area contributed by atoms with Gasteiger partial charge in [-0.25, -0.2) is 0 Å². The minimum absolute atomic E-state index is 0.162. The Morgan fingerprint density at radius 3 is 2.54 bits per heavy atom. The average Bonchev–Trinajstić information content (AvgIpc) is 3.67. The van der Waals surface area contributed by atoms with Crippen LogP contribution < -0.4 is 5.32 Å². The summed E-state index contributed by atoms with van der Waals surface area (Å²) in [7, 11) is -1.60. The number of aromatic nitrogens is 1. The molecule has 13 nitrogen and oxygen atoms in total. The van der Waals surface area contributed by atoms with Crippen LogP contribution in [0.15, 0.2) is 24.4 Å². The highest BCUT2D eigenvalue weighted by atomic mass is 32.2. The number of benzene rings is 1. The van der Waals surface area contributed by atoms with E-state index in [1.807, 2.05) is 27.7 Å². The highest BCUT2D eigenvalue weighted by molar-refractivity contribution is 7.85. The molecule has 4 aliphatic heterocycles. The fraction of sp³-hybridized carbons (Fsp3) is 0.656. The van der Waals surface area contributed by atoms with E-state index >= 15 is 0 Å². The van der Waals surface area contributed by atoms with Crippen LogP contribution >= 0.6 is 0 Å². The van der Waals surface area contributed by atoms with Gasteiger partial charge >= 0.3 is 0 Å². The van der Waals surface area contributed by atoms with Crippen LogP contribution in [0.3, 0.4) is 0 Å². The zero-order chi connectivity index (χ0) is 33.5. The van der Waals surface area contributed by atoms with Gasteiger partial charge in [0, 0.05) is 48.1 Å². The minimum Gasteiger partial charge on any atom is -0.361 e. The van der Waals surface area contributed by atoms with E-state index in [9.17, 15) is 27.9 Å². The number of carbonyl (C=O) groups is 3. The number of aliphatic hydroxyl groups is 1. The summed E-state index contributed by atoms with van der Waals surface area (Å²) in [6, 6.07) is 5.10. The first kappa shape index (κ1) is 32.9. The number of hydrogen-bond donors (Lipinski definition) is 4. The van der Waals surface area contributed by atoms with Crippen molar-refractivity contribution in [3.63, 3.8) is 0 Å². The van der Waals surface area contributed by atoms with E-state index in [1.165, 1.54) is 21.4 Å². The van der Waals surface area contributed by atoms with Gasteiger partial charge in [0.15, 0.2) is 0 Å². The average molecular weight is 660 g/mol. The standard InChI is InChI=1S/C31H41N5O5.CH4O3S/c1-16(2)26-28(38)35-11-7-10-24(35)31(40)36(26)29(39)30(41-31,17(3)4)33-27(37)19-12-21-20-8-6-9-22-25(20)18(14-32-22)13-23(21)34(5)15-19;1-5(2,3)4/h6,8-9,14,16-17,19,21,23-24,26,32,40H,7,10-13,15H2,1-5H3,(H,33,37);1H3,(H,2,3,4)/t19-,21-,23-,24+,26+,30-,31+;/m1./s1. The third-order valence-corrected chi connectivity index (χ3v) is 10.5. The first-order valence-corrected chi connectivity index (χ1v) is 17.9. The summed E-state index contributed by atoms with van der Waals surface area (Å²) >= 11 is 0. The maximum absolute atomic E-state index is 14.3. The second-order valence-electron chi connectivity index (χ2n) is 14.3. The van der Waals surface area contributed by atoms with Crippen LogP contribution in [0.5, 0.6) is 0 Å². The number of piperazine rings is 1. The van der Waals surface area contributed by atoms with Crippen molar-refractivity contribution >= 4 is 38.7 Å². The Bertz CT molecular complexity index is 1670. The molecule has 4 N–H and O–H groups in total. The number of likely N-dealkylation sites (N-methyl/N-ethyl adjacent to an activating group) is 1. The highest BCUT2D eigenvalue weighted by Gasteiger charge is 2.72. The van der Waals surface area contributed by atoms with Crippen LogP contribution in [0.25, 0.3) is 10.9 Å². The number of aromatic amines is 1. The van der Waals surface area contributed by atoms with Crippen LogP contribution in [-0.2, 0) is 35.7 Å². The molecule has 0 spiro atoms. The summed E-state index contributed by atoms with van der Waals surface area (Å²) in [5, 5.41) is 16.4. The minimum atomic E-state index is -3.67. The molecule has 1 aromatic carbocycles. The first-order chi connectivity index (χ1) is 21.5. The Balaban J connectivity index is 0.000000692. The number of nitrogens with one attached hydrogen (secondary N) is 2. The van der Waals surface area contributed by atoms with Crippen molar-refractivity contribution in [3.05, 3.63) is 35.5 Å². The van der Waals surface area contributed by atoms with E-state index in [1.54, 1.807) is 4.90 Å². The predicted octanol–water partition coefficient (Wildman–Crippen LogP) is 1.63. The Morgan fingerprint density at radius 2 is 1.89 bits per heavy atom. The number of hydrogen-bond acceptors (Lipinski definition) is 8. The van der Waals surface area contributed by atoms with Crippen molar-refractivity contribution in [3.8, 4) is 0 Å². The number of H-pyrrole nitrogens is 1. The van der Waals surface area contributed by atoms with Crippen LogP contribution in [0.2, 0.25) is 0 Å². The van der Waals surface area contributed by atoms with Gasteiger partial charge in [0.25, 0.3) is 21.9 Å². The molecule has 7 rings (SSSR count). The molecule has 0 radical (unpaired) electrons. The van der Waals surface area contributed by atoms with Gasteiger partial charge in [-0.1, -0.05) is 39.8 Å². The van der Waals surface area contributed by atoms with Crippen molar-refractivity contribution in [1.29, 1.82) is 0 Å². The molecule has 3 amide bonds. The molecule has 0 saturated carbocycles. The van der Waals surface area contributed by atoms with Gasteiger partial charge in [0.2, 0.25) is 17.5 Å². The van der Waals surface area contributed by atoms with Crippen molar-refractivity contribution in [2.24, 2.45) is 17.8 Å². The number of amides is 3. The van der Waals surface area contributed by atoms with E-state index in [-0.39, 0.29) is 35.6 Å². The summed E-state index contributed by atoms with van der Waals surface area (Å²) in [6.07, 6.45) is 5.66. The van der Waals surface area contributed by atoms with E-state index in [0.717, 1.165) is 18.4 Å². The quantitative estimate of drug-likeness (QED) is 0.356. The molecule has 46 heavy (non-hydrogen) atoms. The second kappa shape index (κ2) is 11.3. The lowest BCUT2D eigenvalue weighted by Gasteiger charge is -2.49. The molecule has 7 atom stereocenters. The van der Waals surface area contributed by atoms with Gasteiger partial charge in [-0.2, -0.15) is 8.42 Å². The van der Waals surface area contributed by atoms with E-state index in [2.05, 4.69) is 46.6 Å². The predicted molar refractivity (Wildman–Crippen MR) is 169 cm³/mol. The molecular formula is C32H45N5O8S. The molecule has 4 saturated heterocycles. The smallest absolute Gasteiger partial charge is 0.281 e. The zero-order valence-corrected chi connectivity index (χ0v) is 28.0. The SMILES string of the molecule is CC(C)[C@H]1C(=O)N2CCC[C@H]2[C@]2(O)O[C@](NC(=O)[C@@H]3C[C@@H]4c5cccc6[nH]cc(c56)C[C@H]4N(C)C3)(C(C)C)C(=O)N12.CS(=O)(=O)O. The lowest BCUT2D eigenvalue weighted by molar-refractivity contribution is -0.323. The third-order valence-electron chi connectivity index (χ3n) is 10.5. The number of fused-ring (bicyclic) bond motifs is 5. The van der Waals surface area contributed by atoms with E-state index < -0.39 is 45.7 Å². The van der Waals surface area contributed by atoms with Crippen LogP contribution in [0.4, 0.5) is 0 Å². The van der Waals surface area contributed by atoms with Crippen molar-refractivity contribution in [1.82, 2.24) is 25.0 Å². The zero-order valence-electron chi connectivity index (χ0n) is 27.2. The van der Waals surface area contributed by atoms with Crippen molar-refractivity contribution in [2.75, 3.05) is 26.4 Å². The van der Waals surface area contributed by atoms with Gasteiger partial charge in [-0.15, -0.1) is 0 Å². The molecule has 1 aliphatic carbocycles. The number of ether oxygens (including phenoxy) is 1. The molecule has 5 heterocycles. The molecule has 1 aromatic heterocycles. The van der Waals surface area contributed by atoms with Crippen LogP contribution in [-0.4, -0.2) is 112 Å². The van der Waals surface area contributed by atoms with E-state index in [4.69, 9.17) is 9.29 Å². The maximum Gasteiger partial charge on any atom is 0.281 e. The van der Waals surface area contributed by atoms with Gasteiger partial charge < -0.3 is 25.2 Å². The summed E-state index contributed by atoms with van der Waals surface area (Å²) in [4.78, 5) is 50.6. The van der Waals surface area contributed by atoms with Gasteiger partial charge in [-0.3, -0.25) is 28.6 Å². The van der Waals surface area contributed by atoms with Crippen LogP contribution in [0.1, 0.15) is 64.0 Å². The number of nitrogens with zero attached hydrogens (tertiary/aromatic N) is 3. The van der Waals surface area contributed by atoms with Gasteiger partial charge in [0.1, 0.15) is 12.1 Å². The Morgan fingerprint density at radius 1 is 1.20 bits per heavy atom. The molecule has 14 heteroatoms. The molecule has 0 bridgehead atoms. The number of rotatable bonds is 4. The van der Waals surface area contributed by atoms with Crippen molar-refractivity contribution in [2.45, 2.75) is 89.1 Å². The van der Waals surface area contributed by atoms with Crippen LogP contribution in [0, 0.1) is 17.8 Å². The molecule has 252 valence electrons. The fourth-order valence-corrected chi connectivity index (χ4v) is 8.50. The largest absolute Gasteiger partial charge is 0.361 e. The lowest BCUT2D eigenvalue weighted by Crippen LogP contribution is -2.72. The first-order valence-electron chi connectivity index (χ1n) is 16.1. The van der Waals surface area contributed by atoms with Gasteiger partial charge in [0.05, 0.1) is 12.2 Å². The van der Waals surface area contributed by atoms with Gasteiger partial charge in [-0.05, 0) is 55.8 Å². The van der Waals surface area contributed by atoms with E-state index in [0.29, 0.717) is 32.2 Å². The fourth-order valence-electron chi connectivity index (χ4n) is 8.50. The monoisotopic (exact) mass is 659 g/mol. The summed E-state index contributed by atoms with van der Waals surface area (Å²) in [5.74, 6) is -3.87. The number of piperidine rings is 1. The topological polar surface area (TPSA) is 173 Å². The normalized spacial score (nSPS) is 34.0. The number of likely N-dealkylation sites (tertiary alicyclic amines) is 1. The molecule has 5 aliphatic rings. The summed E-state index contributed by atoms with van der Waals surface area (Å²) in [6.45, 7) is 8.45. The molecule has 0 unspecified atom stereocenters. The molecular weight excluding hydrogens is 614 g/mol. The molecule has 2 aromatic rings. The Kier molecular flexibility index (Phi) is 8.07. The Labute approximate surface area is 269 Å². The molecule has 4 fully saturated rings.